The number of carbonyl (C=O) groups excluding carboxylic acids is 1. The second-order valence-corrected chi connectivity index (χ2v) is 7.01. The average Bonchev–Trinajstić information content (AvgIpc) is 3.18. The molecular formula is C20H33IN4O3. The summed E-state index contributed by atoms with van der Waals surface area (Å²) < 4.78 is 11.2. The van der Waals surface area contributed by atoms with Gasteiger partial charge in [0, 0.05) is 45.9 Å². The van der Waals surface area contributed by atoms with Gasteiger partial charge in [-0.3, -0.25) is 9.79 Å². The molecular weight excluding hydrogens is 471 g/mol. The van der Waals surface area contributed by atoms with Gasteiger partial charge in [0.05, 0.1) is 19.3 Å². The minimum absolute atomic E-state index is 0. The number of rotatable bonds is 8. The van der Waals surface area contributed by atoms with Crippen LogP contribution in [0.5, 0.6) is 0 Å². The smallest absolute Gasteiger partial charge is 0.253 e. The van der Waals surface area contributed by atoms with Crippen molar-refractivity contribution in [2.24, 2.45) is 4.99 Å². The SMILES string of the molecule is CN=C(NCCc1cccc(C(=O)N(C)C)c1)NC(C)COC1CCOC1.I. The van der Waals surface area contributed by atoms with E-state index >= 15 is 0 Å². The number of benzene rings is 1. The van der Waals surface area contributed by atoms with Crippen molar-refractivity contribution in [2.75, 3.05) is 47.5 Å². The summed E-state index contributed by atoms with van der Waals surface area (Å²) in [5.74, 6) is 0.762. The highest BCUT2D eigenvalue weighted by Gasteiger charge is 2.17. The summed E-state index contributed by atoms with van der Waals surface area (Å²) in [6, 6.07) is 7.89. The molecule has 0 aliphatic carbocycles. The first-order valence-electron chi connectivity index (χ1n) is 9.46. The number of hydrogen-bond donors (Lipinski definition) is 2. The van der Waals surface area contributed by atoms with Crippen molar-refractivity contribution in [1.82, 2.24) is 15.5 Å². The molecule has 1 aliphatic rings. The number of nitrogens with one attached hydrogen (secondary N) is 2. The van der Waals surface area contributed by atoms with Crippen LogP contribution < -0.4 is 10.6 Å². The molecule has 1 amide bonds. The van der Waals surface area contributed by atoms with Gasteiger partial charge in [0.25, 0.3) is 5.91 Å². The summed E-state index contributed by atoms with van der Waals surface area (Å²) >= 11 is 0. The molecule has 1 aliphatic heterocycles. The lowest BCUT2D eigenvalue weighted by Gasteiger charge is -2.19. The van der Waals surface area contributed by atoms with Gasteiger partial charge in [-0.25, -0.2) is 0 Å². The molecule has 2 unspecified atom stereocenters. The van der Waals surface area contributed by atoms with Crippen molar-refractivity contribution in [2.45, 2.75) is 31.9 Å². The Balaban J connectivity index is 0.00000392. The molecule has 1 saturated heterocycles. The lowest BCUT2D eigenvalue weighted by atomic mass is 10.1. The maximum atomic E-state index is 12.1. The van der Waals surface area contributed by atoms with Crippen LogP contribution in [0.3, 0.4) is 0 Å². The van der Waals surface area contributed by atoms with E-state index in [0.29, 0.717) is 18.8 Å². The van der Waals surface area contributed by atoms with Gasteiger partial charge in [0.2, 0.25) is 0 Å². The third-order valence-corrected chi connectivity index (χ3v) is 4.36. The highest BCUT2D eigenvalue weighted by atomic mass is 127. The predicted molar refractivity (Wildman–Crippen MR) is 123 cm³/mol. The highest BCUT2D eigenvalue weighted by molar-refractivity contribution is 14.0. The van der Waals surface area contributed by atoms with Crippen LogP contribution in [0.25, 0.3) is 0 Å². The molecule has 1 aromatic carbocycles. The van der Waals surface area contributed by atoms with Crippen molar-refractivity contribution >= 4 is 35.8 Å². The zero-order chi connectivity index (χ0) is 19.6. The van der Waals surface area contributed by atoms with Crippen LogP contribution in [-0.2, 0) is 15.9 Å². The quantitative estimate of drug-likeness (QED) is 0.322. The molecule has 0 radical (unpaired) electrons. The first-order valence-corrected chi connectivity index (χ1v) is 9.46. The molecule has 8 heteroatoms. The van der Waals surface area contributed by atoms with Crippen LogP contribution in [0.4, 0.5) is 0 Å². The molecule has 1 aromatic rings. The zero-order valence-corrected chi connectivity index (χ0v) is 19.6. The van der Waals surface area contributed by atoms with Crippen LogP contribution in [0.1, 0.15) is 29.3 Å². The Morgan fingerprint density at radius 2 is 2.21 bits per heavy atom. The largest absolute Gasteiger partial charge is 0.379 e. The number of carbonyl (C=O) groups is 1. The fourth-order valence-electron chi connectivity index (χ4n) is 2.84. The van der Waals surface area contributed by atoms with E-state index in [4.69, 9.17) is 9.47 Å². The Morgan fingerprint density at radius 3 is 2.86 bits per heavy atom. The van der Waals surface area contributed by atoms with E-state index in [1.54, 1.807) is 26.0 Å². The van der Waals surface area contributed by atoms with Crippen LogP contribution in [-0.4, -0.2) is 76.4 Å². The number of halogens is 1. The fraction of sp³-hybridized carbons (Fsp3) is 0.600. The Kier molecular flexibility index (Phi) is 11.4. The Morgan fingerprint density at radius 1 is 1.43 bits per heavy atom. The topological polar surface area (TPSA) is 75.2 Å². The maximum Gasteiger partial charge on any atom is 0.253 e. The van der Waals surface area contributed by atoms with Crippen molar-refractivity contribution in [3.05, 3.63) is 35.4 Å². The number of aliphatic imine (C=N–C) groups is 1. The standard InChI is InChI=1S/C20H32N4O3.HI/c1-15(13-27-18-9-11-26-14-18)23-20(21-2)22-10-8-16-6-5-7-17(12-16)19(25)24(3)4;/h5-7,12,15,18H,8-11,13-14H2,1-4H3,(H2,21,22,23);1H. The van der Waals surface area contributed by atoms with Gasteiger partial charge in [-0.1, -0.05) is 12.1 Å². The highest BCUT2D eigenvalue weighted by Crippen LogP contribution is 2.09. The molecule has 28 heavy (non-hydrogen) atoms. The van der Waals surface area contributed by atoms with E-state index in [2.05, 4.69) is 22.5 Å². The second kappa shape index (κ2) is 12.9. The van der Waals surface area contributed by atoms with Crippen LogP contribution in [0.15, 0.2) is 29.3 Å². The van der Waals surface area contributed by atoms with Gasteiger partial charge in [-0.2, -0.15) is 0 Å². The molecule has 0 spiro atoms. The van der Waals surface area contributed by atoms with E-state index in [1.165, 1.54) is 0 Å². The number of amides is 1. The van der Waals surface area contributed by atoms with E-state index in [0.717, 1.165) is 37.5 Å². The lowest BCUT2D eigenvalue weighted by Crippen LogP contribution is -2.45. The van der Waals surface area contributed by atoms with Gasteiger partial charge >= 0.3 is 0 Å². The molecule has 1 fully saturated rings. The molecule has 7 nitrogen and oxygen atoms in total. The molecule has 2 atom stereocenters. The van der Waals surface area contributed by atoms with Crippen molar-refractivity contribution in [3.63, 3.8) is 0 Å². The van der Waals surface area contributed by atoms with Crippen molar-refractivity contribution < 1.29 is 14.3 Å². The van der Waals surface area contributed by atoms with Gasteiger partial charge in [-0.15, -0.1) is 24.0 Å². The number of nitrogens with zero attached hydrogens (tertiary/aromatic N) is 2. The minimum atomic E-state index is 0. The summed E-state index contributed by atoms with van der Waals surface area (Å²) in [6.45, 7) is 4.89. The van der Waals surface area contributed by atoms with Gasteiger partial charge < -0.3 is 25.0 Å². The first-order chi connectivity index (χ1) is 13.0. The maximum absolute atomic E-state index is 12.1. The van der Waals surface area contributed by atoms with Crippen LogP contribution in [0, 0.1) is 0 Å². The van der Waals surface area contributed by atoms with E-state index in [9.17, 15) is 4.79 Å². The van der Waals surface area contributed by atoms with E-state index in [1.807, 2.05) is 24.3 Å². The van der Waals surface area contributed by atoms with Crippen LogP contribution >= 0.6 is 24.0 Å². The Labute approximate surface area is 185 Å². The van der Waals surface area contributed by atoms with Gasteiger partial charge in [0.15, 0.2) is 5.96 Å². The first kappa shape index (κ1) is 24.6. The molecule has 0 saturated carbocycles. The number of guanidine groups is 1. The van der Waals surface area contributed by atoms with E-state index < -0.39 is 0 Å². The minimum Gasteiger partial charge on any atom is -0.379 e. The second-order valence-electron chi connectivity index (χ2n) is 7.01. The fourth-order valence-corrected chi connectivity index (χ4v) is 2.84. The Bertz CT molecular complexity index is 634. The molecule has 2 N–H and O–H groups in total. The molecule has 158 valence electrons. The summed E-state index contributed by atoms with van der Waals surface area (Å²) in [5.41, 5.74) is 1.82. The molecule has 1 heterocycles. The summed E-state index contributed by atoms with van der Waals surface area (Å²) in [6.07, 6.45) is 1.98. The Hall–Kier alpha value is -1.39. The predicted octanol–water partition coefficient (Wildman–Crippen LogP) is 1.91. The lowest BCUT2D eigenvalue weighted by molar-refractivity contribution is 0.0347. The van der Waals surface area contributed by atoms with Crippen molar-refractivity contribution in [3.8, 4) is 0 Å². The monoisotopic (exact) mass is 504 g/mol. The number of ether oxygens (including phenoxy) is 2. The van der Waals surface area contributed by atoms with Crippen molar-refractivity contribution in [1.29, 1.82) is 0 Å². The number of hydrogen-bond acceptors (Lipinski definition) is 4. The summed E-state index contributed by atoms with van der Waals surface area (Å²) in [4.78, 5) is 17.9. The normalized spacial score (nSPS) is 17.6. The summed E-state index contributed by atoms with van der Waals surface area (Å²) in [5, 5.41) is 6.65. The van der Waals surface area contributed by atoms with Crippen LogP contribution in [0.2, 0.25) is 0 Å². The molecule has 2 rings (SSSR count). The zero-order valence-electron chi connectivity index (χ0n) is 17.2. The third kappa shape index (κ3) is 8.32. The van der Waals surface area contributed by atoms with Gasteiger partial charge in [-0.05, 0) is 37.5 Å². The van der Waals surface area contributed by atoms with Gasteiger partial charge in [0.1, 0.15) is 0 Å². The average molecular weight is 504 g/mol. The summed E-state index contributed by atoms with van der Waals surface area (Å²) in [7, 11) is 5.28. The third-order valence-electron chi connectivity index (χ3n) is 4.36. The molecule has 0 bridgehead atoms. The molecule has 0 aromatic heterocycles. The van der Waals surface area contributed by atoms with E-state index in [-0.39, 0.29) is 42.0 Å².